The van der Waals surface area contributed by atoms with Crippen LogP contribution in [0.4, 0.5) is 0 Å². The Balaban J connectivity index is 1.68. The Morgan fingerprint density at radius 2 is 1.69 bits per heavy atom. The van der Waals surface area contributed by atoms with E-state index < -0.39 is 0 Å². The molecule has 2 aromatic carbocycles. The molecule has 0 spiro atoms. The average Bonchev–Trinajstić information content (AvgIpc) is 3.23. The molecule has 2 heterocycles. The number of allylic oxidation sites excluding steroid dienone is 1. The summed E-state index contributed by atoms with van der Waals surface area (Å²) in [5.41, 5.74) is 4.12. The molecule has 0 radical (unpaired) electrons. The monoisotopic (exact) mass is 381 g/mol. The largest absolute Gasteiger partial charge is 0.497 e. The number of hydrogen-bond acceptors (Lipinski definition) is 4. The maximum Gasteiger partial charge on any atom is 0.185 e. The molecule has 5 heteroatoms. The molecule has 0 fully saturated rings. The van der Waals surface area contributed by atoms with E-state index in [0.717, 1.165) is 28.3 Å². The van der Waals surface area contributed by atoms with E-state index in [4.69, 9.17) is 9.84 Å². The molecule has 0 amide bonds. The molecular formula is C24H19N3O2. The highest BCUT2D eigenvalue weighted by molar-refractivity contribution is 6.07. The molecule has 4 rings (SSSR count). The van der Waals surface area contributed by atoms with Gasteiger partial charge in [-0.1, -0.05) is 18.2 Å². The van der Waals surface area contributed by atoms with E-state index >= 15 is 0 Å². The van der Waals surface area contributed by atoms with Gasteiger partial charge in [-0.15, -0.1) is 0 Å². The fraction of sp³-hybridized carbons (Fsp3) is 0.0417. The number of pyridine rings is 1. The van der Waals surface area contributed by atoms with Gasteiger partial charge in [0, 0.05) is 35.3 Å². The zero-order valence-corrected chi connectivity index (χ0v) is 15.9. The van der Waals surface area contributed by atoms with Crippen molar-refractivity contribution in [2.45, 2.75) is 0 Å². The van der Waals surface area contributed by atoms with Crippen molar-refractivity contribution in [3.63, 3.8) is 0 Å². The molecule has 142 valence electrons. The van der Waals surface area contributed by atoms with Gasteiger partial charge >= 0.3 is 0 Å². The lowest BCUT2D eigenvalue weighted by atomic mass is 10.1. The normalized spacial score (nSPS) is 10.9. The van der Waals surface area contributed by atoms with E-state index in [2.05, 4.69) is 4.98 Å². The van der Waals surface area contributed by atoms with Crippen molar-refractivity contribution in [2.24, 2.45) is 0 Å². The van der Waals surface area contributed by atoms with Gasteiger partial charge in [0.15, 0.2) is 5.78 Å². The first-order valence-electron chi connectivity index (χ1n) is 9.16. The lowest BCUT2D eigenvalue weighted by molar-refractivity contribution is 0.104. The minimum atomic E-state index is -0.0826. The molecule has 0 unspecified atom stereocenters. The van der Waals surface area contributed by atoms with E-state index in [1.165, 1.54) is 0 Å². The number of carbonyl (C=O) groups is 1. The molecule has 29 heavy (non-hydrogen) atoms. The third kappa shape index (κ3) is 4.14. The summed E-state index contributed by atoms with van der Waals surface area (Å²) in [7, 11) is 1.60. The molecule has 0 N–H and O–H groups in total. The summed E-state index contributed by atoms with van der Waals surface area (Å²) in [6.07, 6.45) is 8.75. The van der Waals surface area contributed by atoms with Crippen LogP contribution in [0.15, 0.2) is 91.4 Å². The smallest absolute Gasteiger partial charge is 0.185 e. The van der Waals surface area contributed by atoms with E-state index in [1.54, 1.807) is 55.9 Å². The van der Waals surface area contributed by atoms with Gasteiger partial charge in [0.1, 0.15) is 11.4 Å². The van der Waals surface area contributed by atoms with Crippen molar-refractivity contribution in [2.75, 3.05) is 7.11 Å². The maximum absolute atomic E-state index is 12.6. The summed E-state index contributed by atoms with van der Waals surface area (Å²) < 4.78 is 6.96. The number of carbonyl (C=O) groups excluding carboxylic acids is 1. The van der Waals surface area contributed by atoms with Gasteiger partial charge in [0.25, 0.3) is 0 Å². The zero-order valence-electron chi connectivity index (χ0n) is 15.9. The lowest BCUT2D eigenvalue weighted by Gasteiger charge is -2.00. The first-order chi connectivity index (χ1) is 14.2. The molecular weight excluding hydrogens is 362 g/mol. The van der Waals surface area contributed by atoms with Gasteiger partial charge in [-0.05, 0) is 60.7 Å². The van der Waals surface area contributed by atoms with Crippen molar-refractivity contribution in [3.8, 4) is 22.7 Å². The molecule has 0 aliphatic carbocycles. The number of aromatic nitrogens is 3. The topological polar surface area (TPSA) is 57.0 Å². The minimum absolute atomic E-state index is 0.0826. The lowest BCUT2D eigenvalue weighted by Crippen LogP contribution is -1.94. The van der Waals surface area contributed by atoms with Crippen LogP contribution in [0.25, 0.3) is 23.0 Å². The molecule has 4 aromatic rings. The zero-order chi connectivity index (χ0) is 20.1. The number of rotatable bonds is 6. The van der Waals surface area contributed by atoms with Gasteiger partial charge in [-0.3, -0.25) is 9.78 Å². The molecule has 0 saturated heterocycles. The Bertz CT molecular complexity index is 1130. The van der Waals surface area contributed by atoms with Gasteiger partial charge < -0.3 is 4.74 Å². The van der Waals surface area contributed by atoms with Crippen LogP contribution in [0.1, 0.15) is 15.9 Å². The number of methoxy groups -OCH3 is 1. The van der Waals surface area contributed by atoms with Gasteiger partial charge in [-0.25, -0.2) is 4.68 Å². The van der Waals surface area contributed by atoms with Gasteiger partial charge in [0.2, 0.25) is 0 Å². The highest BCUT2D eigenvalue weighted by Crippen LogP contribution is 2.24. The first kappa shape index (κ1) is 18.4. The second-order valence-electron chi connectivity index (χ2n) is 6.38. The van der Waals surface area contributed by atoms with Crippen LogP contribution in [0.2, 0.25) is 0 Å². The summed E-state index contributed by atoms with van der Waals surface area (Å²) in [5.74, 6) is 0.635. The van der Waals surface area contributed by atoms with Crippen molar-refractivity contribution >= 4 is 11.9 Å². The van der Waals surface area contributed by atoms with E-state index in [0.29, 0.717) is 5.56 Å². The Morgan fingerprint density at radius 3 is 2.38 bits per heavy atom. The summed E-state index contributed by atoms with van der Waals surface area (Å²) >= 11 is 0. The standard InChI is InChI=1S/C24H19N3O2/c1-29-22-10-7-18(8-11-22)23(28)12-9-20-17-27(21-5-3-2-4-6-21)26-24(20)19-13-15-25-16-14-19/h2-17H,1H3. The van der Waals surface area contributed by atoms with Gasteiger partial charge in [0.05, 0.1) is 12.8 Å². The molecule has 0 aliphatic rings. The number of ether oxygens (including phenoxy) is 1. The number of benzene rings is 2. The van der Waals surface area contributed by atoms with Crippen molar-refractivity contribution in [3.05, 3.63) is 103 Å². The maximum atomic E-state index is 12.6. The van der Waals surface area contributed by atoms with Crippen LogP contribution in [0.3, 0.4) is 0 Å². The van der Waals surface area contributed by atoms with Crippen molar-refractivity contribution in [1.29, 1.82) is 0 Å². The highest BCUT2D eigenvalue weighted by atomic mass is 16.5. The number of nitrogens with zero attached hydrogens (tertiary/aromatic N) is 3. The predicted octanol–water partition coefficient (Wildman–Crippen LogP) is 4.84. The van der Waals surface area contributed by atoms with Crippen LogP contribution in [0.5, 0.6) is 5.75 Å². The molecule has 0 bridgehead atoms. The number of ketones is 1. The SMILES string of the molecule is COc1ccc(C(=O)C=Cc2cn(-c3ccccc3)nc2-c2ccncc2)cc1. The third-order valence-electron chi connectivity index (χ3n) is 4.51. The Kier molecular flexibility index (Phi) is 5.29. The Morgan fingerprint density at radius 1 is 0.966 bits per heavy atom. The fourth-order valence-corrected chi connectivity index (χ4v) is 2.97. The predicted molar refractivity (Wildman–Crippen MR) is 113 cm³/mol. The summed E-state index contributed by atoms with van der Waals surface area (Å²) in [6.45, 7) is 0. The van der Waals surface area contributed by atoms with Crippen molar-refractivity contribution < 1.29 is 9.53 Å². The summed E-state index contributed by atoms with van der Waals surface area (Å²) in [5, 5.41) is 4.73. The Labute approximate surface area is 168 Å². The van der Waals surface area contributed by atoms with Crippen LogP contribution in [-0.4, -0.2) is 27.7 Å². The van der Waals surface area contributed by atoms with Gasteiger partial charge in [-0.2, -0.15) is 5.10 Å². The second kappa shape index (κ2) is 8.35. The van der Waals surface area contributed by atoms with E-state index in [9.17, 15) is 4.79 Å². The molecule has 2 aromatic heterocycles. The first-order valence-corrected chi connectivity index (χ1v) is 9.16. The number of para-hydroxylation sites is 1. The van der Waals surface area contributed by atoms with E-state index in [1.807, 2.05) is 53.3 Å². The average molecular weight is 381 g/mol. The third-order valence-corrected chi connectivity index (χ3v) is 4.51. The minimum Gasteiger partial charge on any atom is -0.497 e. The van der Waals surface area contributed by atoms with Crippen LogP contribution in [0, 0.1) is 0 Å². The summed E-state index contributed by atoms with van der Waals surface area (Å²) in [6, 6.07) is 20.7. The second-order valence-corrected chi connectivity index (χ2v) is 6.38. The van der Waals surface area contributed by atoms with Crippen molar-refractivity contribution in [1.82, 2.24) is 14.8 Å². The Hall–Kier alpha value is -3.99. The molecule has 0 aliphatic heterocycles. The summed E-state index contributed by atoms with van der Waals surface area (Å²) in [4.78, 5) is 16.7. The highest BCUT2D eigenvalue weighted by Gasteiger charge is 2.11. The molecule has 0 atom stereocenters. The van der Waals surface area contributed by atoms with Crippen LogP contribution >= 0.6 is 0 Å². The molecule has 5 nitrogen and oxygen atoms in total. The van der Waals surface area contributed by atoms with Crippen LogP contribution < -0.4 is 4.74 Å². The molecule has 0 saturated carbocycles. The quantitative estimate of drug-likeness (QED) is 0.354. The van der Waals surface area contributed by atoms with Crippen LogP contribution in [-0.2, 0) is 0 Å². The van der Waals surface area contributed by atoms with E-state index in [-0.39, 0.29) is 5.78 Å². The number of hydrogen-bond donors (Lipinski definition) is 0. The fourth-order valence-electron chi connectivity index (χ4n) is 2.97.